The van der Waals surface area contributed by atoms with E-state index in [4.69, 9.17) is 10.5 Å². The Morgan fingerprint density at radius 1 is 1.32 bits per heavy atom. The number of rotatable bonds is 3. The summed E-state index contributed by atoms with van der Waals surface area (Å²) in [6, 6.07) is 2.63. The van der Waals surface area contributed by atoms with Gasteiger partial charge < -0.3 is 10.5 Å². The van der Waals surface area contributed by atoms with Crippen LogP contribution in [0.25, 0.3) is 16.8 Å². The Labute approximate surface area is 137 Å². The van der Waals surface area contributed by atoms with Crippen LogP contribution in [-0.4, -0.2) is 26.6 Å². The van der Waals surface area contributed by atoms with Crippen molar-refractivity contribution in [3.05, 3.63) is 46.4 Å². The number of nitro benzene ring substituents is 1. The van der Waals surface area contributed by atoms with E-state index in [0.29, 0.717) is 11.7 Å². The minimum absolute atomic E-state index is 0.0188. The molecule has 0 atom stereocenters. The average Bonchev–Trinajstić information content (AvgIpc) is 3.00. The van der Waals surface area contributed by atoms with Gasteiger partial charge in [-0.1, -0.05) is 0 Å². The molecule has 0 aliphatic rings. The molecule has 0 saturated carbocycles. The van der Waals surface area contributed by atoms with Crippen LogP contribution in [0.15, 0.2) is 30.7 Å². The molecule has 11 heteroatoms. The first kappa shape index (κ1) is 16.5. The molecule has 0 spiro atoms. The highest BCUT2D eigenvalue weighted by Gasteiger charge is 2.36. The maximum atomic E-state index is 13.4. The van der Waals surface area contributed by atoms with Gasteiger partial charge in [0, 0.05) is 23.4 Å². The van der Waals surface area contributed by atoms with E-state index in [2.05, 4.69) is 10.1 Å². The van der Waals surface area contributed by atoms with E-state index < -0.39 is 33.6 Å². The van der Waals surface area contributed by atoms with Gasteiger partial charge in [-0.15, -0.1) is 0 Å². The number of hydrogen-bond donors (Lipinski definition) is 1. The van der Waals surface area contributed by atoms with Gasteiger partial charge in [0.15, 0.2) is 11.4 Å². The lowest BCUT2D eigenvalue weighted by molar-refractivity contribution is -0.383. The Kier molecular flexibility index (Phi) is 3.70. The van der Waals surface area contributed by atoms with Crippen molar-refractivity contribution in [3.63, 3.8) is 0 Å². The van der Waals surface area contributed by atoms with E-state index in [1.165, 1.54) is 30.2 Å². The Bertz CT molecular complexity index is 984. The first-order valence-electron chi connectivity index (χ1n) is 6.75. The molecule has 0 unspecified atom stereocenters. The van der Waals surface area contributed by atoms with E-state index in [1.807, 2.05) is 0 Å². The molecule has 25 heavy (non-hydrogen) atoms. The van der Waals surface area contributed by atoms with Crippen LogP contribution in [0.1, 0.15) is 5.56 Å². The molecule has 3 aromatic rings. The predicted molar refractivity (Wildman–Crippen MR) is 81.0 cm³/mol. The van der Waals surface area contributed by atoms with Crippen molar-refractivity contribution in [2.24, 2.45) is 0 Å². The van der Waals surface area contributed by atoms with E-state index in [-0.39, 0.29) is 11.3 Å². The highest BCUT2D eigenvalue weighted by molar-refractivity contribution is 5.78. The van der Waals surface area contributed by atoms with Crippen molar-refractivity contribution in [3.8, 4) is 16.9 Å². The number of hydrogen-bond acceptors (Lipinski definition) is 6. The van der Waals surface area contributed by atoms with Gasteiger partial charge in [0.1, 0.15) is 12.0 Å². The summed E-state index contributed by atoms with van der Waals surface area (Å²) in [5.74, 6) is 0.169. The number of aromatic nitrogens is 3. The molecule has 0 radical (unpaired) electrons. The lowest BCUT2D eigenvalue weighted by Crippen LogP contribution is -2.10. The number of fused-ring (bicyclic) bond motifs is 1. The Hall–Kier alpha value is -3.37. The largest absolute Gasteiger partial charge is 0.493 e. The van der Waals surface area contributed by atoms with E-state index >= 15 is 0 Å². The SMILES string of the molecule is COc1cc(-c2cc([N+](=O)[O-])c(N)cc2C(F)(F)F)cn2ncnc12. The molecule has 8 nitrogen and oxygen atoms in total. The molecule has 1 aromatic carbocycles. The van der Waals surface area contributed by atoms with Gasteiger partial charge in [-0.05, 0) is 12.1 Å². The minimum Gasteiger partial charge on any atom is -0.493 e. The fourth-order valence-corrected chi connectivity index (χ4v) is 2.43. The summed E-state index contributed by atoms with van der Waals surface area (Å²) in [5.41, 5.74) is 3.01. The zero-order chi connectivity index (χ0) is 18.4. The second-order valence-corrected chi connectivity index (χ2v) is 5.04. The fraction of sp³-hybridized carbons (Fsp3) is 0.143. The number of nitrogens with two attached hydrogens (primary N) is 1. The topological polar surface area (TPSA) is 109 Å². The number of halogens is 3. The summed E-state index contributed by atoms with van der Waals surface area (Å²) in [6.07, 6.45) is -2.28. The minimum atomic E-state index is -4.76. The molecule has 0 fully saturated rings. The zero-order valence-corrected chi connectivity index (χ0v) is 12.6. The molecule has 3 rings (SSSR count). The van der Waals surface area contributed by atoms with E-state index in [9.17, 15) is 23.3 Å². The van der Waals surface area contributed by atoms with Gasteiger partial charge in [0.2, 0.25) is 0 Å². The van der Waals surface area contributed by atoms with Crippen LogP contribution in [0.3, 0.4) is 0 Å². The molecular weight excluding hydrogens is 343 g/mol. The van der Waals surface area contributed by atoms with Gasteiger partial charge >= 0.3 is 6.18 Å². The number of anilines is 1. The normalized spacial score (nSPS) is 11.7. The molecule has 2 heterocycles. The van der Waals surface area contributed by atoms with Crippen molar-refractivity contribution >= 4 is 17.0 Å². The maximum absolute atomic E-state index is 13.4. The molecule has 0 amide bonds. The molecule has 2 aromatic heterocycles. The van der Waals surface area contributed by atoms with Crippen molar-refractivity contribution in [2.75, 3.05) is 12.8 Å². The van der Waals surface area contributed by atoms with Crippen LogP contribution >= 0.6 is 0 Å². The molecule has 0 saturated heterocycles. The lowest BCUT2D eigenvalue weighted by Gasteiger charge is -2.15. The second-order valence-electron chi connectivity index (χ2n) is 5.04. The number of nitro groups is 1. The zero-order valence-electron chi connectivity index (χ0n) is 12.6. The third-order valence-electron chi connectivity index (χ3n) is 3.54. The van der Waals surface area contributed by atoms with E-state index in [0.717, 1.165) is 6.07 Å². The monoisotopic (exact) mass is 353 g/mol. The van der Waals surface area contributed by atoms with Crippen LogP contribution in [0.2, 0.25) is 0 Å². The van der Waals surface area contributed by atoms with Crippen molar-refractivity contribution in [2.45, 2.75) is 6.18 Å². The summed E-state index contributed by atoms with van der Waals surface area (Å²) in [5, 5.41) is 14.9. The quantitative estimate of drug-likeness (QED) is 0.440. The Morgan fingerprint density at radius 2 is 2.04 bits per heavy atom. The van der Waals surface area contributed by atoms with Crippen molar-refractivity contribution in [1.29, 1.82) is 0 Å². The third-order valence-corrected chi connectivity index (χ3v) is 3.54. The van der Waals surface area contributed by atoms with Crippen LogP contribution < -0.4 is 10.5 Å². The van der Waals surface area contributed by atoms with Crippen LogP contribution in [0, 0.1) is 10.1 Å². The van der Waals surface area contributed by atoms with Crippen LogP contribution in [0.5, 0.6) is 5.75 Å². The van der Waals surface area contributed by atoms with Gasteiger partial charge in [-0.25, -0.2) is 9.50 Å². The third kappa shape index (κ3) is 2.79. The van der Waals surface area contributed by atoms with Gasteiger partial charge in [0.05, 0.1) is 17.6 Å². The number of benzene rings is 1. The highest BCUT2D eigenvalue weighted by Crippen LogP contribution is 2.42. The molecule has 0 aliphatic heterocycles. The molecule has 130 valence electrons. The van der Waals surface area contributed by atoms with E-state index in [1.54, 1.807) is 0 Å². The second kappa shape index (κ2) is 5.61. The van der Waals surface area contributed by atoms with Crippen LogP contribution in [0.4, 0.5) is 24.5 Å². The molecule has 0 bridgehead atoms. The first-order chi connectivity index (χ1) is 11.7. The van der Waals surface area contributed by atoms with Crippen LogP contribution in [-0.2, 0) is 6.18 Å². The number of ether oxygens (including phenoxy) is 1. The summed E-state index contributed by atoms with van der Waals surface area (Å²) in [7, 11) is 1.32. The number of nitrogens with zero attached hydrogens (tertiary/aromatic N) is 4. The van der Waals surface area contributed by atoms with Gasteiger partial charge in [-0.2, -0.15) is 18.3 Å². The van der Waals surface area contributed by atoms with Crippen molar-refractivity contribution < 1.29 is 22.8 Å². The van der Waals surface area contributed by atoms with Gasteiger partial charge in [0.25, 0.3) is 5.69 Å². The molecular formula is C14H10F3N5O3. The fourth-order valence-electron chi connectivity index (χ4n) is 2.43. The number of methoxy groups -OCH3 is 1. The highest BCUT2D eigenvalue weighted by atomic mass is 19.4. The summed E-state index contributed by atoms with van der Waals surface area (Å²) >= 11 is 0. The lowest BCUT2D eigenvalue weighted by atomic mass is 9.98. The molecule has 2 N–H and O–H groups in total. The number of pyridine rings is 1. The Balaban J connectivity index is 2.35. The summed E-state index contributed by atoms with van der Waals surface area (Å²) in [4.78, 5) is 14.1. The standard InChI is InChI=1S/C14H10F3N5O3/c1-25-12-2-7(5-21-13(12)19-6-20-21)8-3-11(22(23)24)10(18)4-9(8)14(15,16)17/h2-6H,18H2,1H3. The number of nitrogen functional groups attached to an aromatic ring is 1. The Morgan fingerprint density at radius 3 is 2.64 bits per heavy atom. The number of alkyl halides is 3. The van der Waals surface area contributed by atoms with Crippen molar-refractivity contribution in [1.82, 2.24) is 14.6 Å². The van der Waals surface area contributed by atoms with Gasteiger partial charge in [-0.3, -0.25) is 10.1 Å². The summed E-state index contributed by atoms with van der Waals surface area (Å²) in [6.45, 7) is 0. The average molecular weight is 353 g/mol. The molecule has 0 aliphatic carbocycles. The smallest absolute Gasteiger partial charge is 0.417 e. The first-order valence-corrected chi connectivity index (χ1v) is 6.75. The predicted octanol–water partition coefficient (Wildman–Crippen LogP) is 2.91. The summed E-state index contributed by atoms with van der Waals surface area (Å²) < 4.78 is 46.5. The maximum Gasteiger partial charge on any atom is 0.417 e.